The van der Waals surface area contributed by atoms with Crippen molar-refractivity contribution < 1.29 is 58.4 Å². The zero-order chi connectivity index (χ0) is 26.2. The fourth-order valence-electron chi connectivity index (χ4n) is 5.59. The first-order chi connectivity index (χ1) is 19.8. The smallest absolute Gasteiger partial charge is 0.164 e. The van der Waals surface area contributed by atoms with Gasteiger partial charge in [0, 0.05) is 102 Å². The van der Waals surface area contributed by atoms with Crippen LogP contribution in [0.5, 0.6) is 0 Å². The molecule has 0 amide bonds. The van der Waals surface area contributed by atoms with E-state index in [0.29, 0.717) is 45.9 Å². The first kappa shape index (κ1) is 29.2. The van der Waals surface area contributed by atoms with Gasteiger partial charge < -0.3 is 9.97 Å². The minimum atomic E-state index is 0. The second-order valence-electron chi connectivity index (χ2n) is 9.79. The van der Waals surface area contributed by atoms with Crippen LogP contribution in [0.3, 0.4) is 0 Å². The molecule has 192 valence electrons. The van der Waals surface area contributed by atoms with Crippen LogP contribution in [0.4, 0.5) is 0 Å². The summed E-state index contributed by atoms with van der Waals surface area (Å²) in [7, 11) is 0. The Hall–Kier alpha value is -3.89. The number of fused-ring (bicyclic) bond motifs is 20. The van der Waals surface area contributed by atoms with Gasteiger partial charge >= 0.3 is 0 Å². The largest absolute Gasteiger partial charge is 0.324 e. The SMILES string of the molecule is [Zn].[Zn].[Zn].c1ccc2c(c1)-c1nc-2nc2[nH]c(nc3nc(nc4[nH]c(n1)c1ccccc41)-c1ccccc1-3)c1ccccc21. The van der Waals surface area contributed by atoms with E-state index < -0.39 is 0 Å². The summed E-state index contributed by atoms with van der Waals surface area (Å²) in [6.07, 6.45) is 0. The average Bonchev–Trinajstić information content (AvgIpc) is 3.73. The summed E-state index contributed by atoms with van der Waals surface area (Å²) in [4.78, 5) is 36.8. The number of aromatic nitrogens is 8. The summed E-state index contributed by atoms with van der Waals surface area (Å²) < 4.78 is 0. The molecule has 2 aliphatic rings. The summed E-state index contributed by atoms with van der Waals surface area (Å²) in [6, 6.07) is 32.2. The van der Waals surface area contributed by atoms with Crippen molar-refractivity contribution in [3.63, 3.8) is 0 Å². The average molecular weight is 711 g/mol. The van der Waals surface area contributed by atoms with Gasteiger partial charge in [-0.2, -0.15) is 0 Å². The zero-order valence-corrected chi connectivity index (χ0v) is 31.9. The van der Waals surface area contributed by atoms with E-state index in [1.165, 1.54) is 0 Å². The van der Waals surface area contributed by atoms with E-state index in [4.69, 9.17) is 29.9 Å². The molecule has 0 fully saturated rings. The molecular formula is C32H18N8Zn3. The van der Waals surface area contributed by atoms with E-state index in [-0.39, 0.29) is 58.4 Å². The van der Waals surface area contributed by atoms with Gasteiger partial charge in [-0.1, -0.05) is 97.1 Å². The van der Waals surface area contributed by atoms with Crippen LogP contribution in [0.2, 0.25) is 0 Å². The second kappa shape index (κ2) is 11.3. The molecule has 4 aromatic carbocycles. The van der Waals surface area contributed by atoms with Gasteiger partial charge in [0.25, 0.3) is 0 Å². The topological polar surface area (TPSA) is 109 Å². The van der Waals surface area contributed by atoms with Crippen molar-refractivity contribution in [1.29, 1.82) is 0 Å². The molecule has 0 aliphatic carbocycles. The molecule has 0 saturated carbocycles. The first-order valence-corrected chi connectivity index (χ1v) is 13.0. The van der Waals surface area contributed by atoms with Crippen LogP contribution in [0, 0.1) is 0 Å². The molecule has 5 heterocycles. The quantitative estimate of drug-likeness (QED) is 0.167. The number of nitrogens with one attached hydrogen (secondary N) is 2. The first-order valence-electron chi connectivity index (χ1n) is 13.0. The maximum atomic E-state index is 5.02. The predicted molar refractivity (Wildman–Crippen MR) is 156 cm³/mol. The van der Waals surface area contributed by atoms with Gasteiger partial charge in [0.1, 0.15) is 22.6 Å². The van der Waals surface area contributed by atoms with E-state index in [9.17, 15) is 0 Å². The zero-order valence-electron chi connectivity index (χ0n) is 23.0. The molecule has 0 radical (unpaired) electrons. The third kappa shape index (κ3) is 4.58. The van der Waals surface area contributed by atoms with Crippen molar-refractivity contribution in [3.05, 3.63) is 97.1 Å². The summed E-state index contributed by atoms with van der Waals surface area (Å²) in [5.41, 5.74) is 6.45. The number of hydrogen-bond acceptors (Lipinski definition) is 6. The third-order valence-electron chi connectivity index (χ3n) is 7.46. The van der Waals surface area contributed by atoms with Crippen LogP contribution in [-0.2, 0) is 58.4 Å². The Morgan fingerprint density at radius 1 is 0.302 bits per heavy atom. The van der Waals surface area contributed by atoms with Crippen molar-refractivity contribution in [1.82, 2.24) is 39.9 Å². The summed E-state index contributed by atoms with van der Waals surface area (Å²) in [5, 5.41) is 3.82. The number of hydrogen-bond donors (Lipinski definition) is 2. The Balaban J connectivity index is 0.00000110. The molecule has 3 aromatic heterocycles. The van der Waals surface area contributed by atoms with E-state index >= 15 is 0 Å². The summed E-state index contributed by atoms with van der Waals surface area (Å²) in [6.45, 7) is 0. The number of aromatic amines is 2. The van der Waals surface area contributed by atoms with Crippen molar-refractivity contribution in [2.45, 2.75) is 0 Å². The van der Waals surface area contributed by atoms with Crippen LogP contribution in [0.25, 0.3) is 89.7 Å². The Labute approximate surface area is 283 Å². The Bertz CT molecular complexity index is 2040. The van der Waals surface area contributed by atoms with Crippen molar-refractivity contribution in [3.8, 4) is 45.6 Å². The van der Waals surface area contributed by atoms with E-state index in [0.717, 1.165) is 43.8 Å². The maximum Gasteiger partial charge on any atom is 0.164 e. The second-order valence-corrected chi connectivity index (χ2v) is 9.79. The van der Waals surface area contributed by atoms with Crippen molar-refractivity contribution in [2.75, 3.05) is 0 Å². The molecule has 7 aromatic rings. The molecule has 9 rings (SSSR count). The Kier molecular flexibility index (Phi) is 7.68. The van der Waals surface area contributed by atoms with Gasteiger partial charge in [0.2, 0.25) is 0 Å². The molecule has 8 bridgehead atoms. The van der Waals surface area contributed by atoms with E-state index in [2.05, 4.69) is 9.97 Å². The molecule has 43 heavy (non-hydrogen) atoms. The summed E-state index contributed by atoms with van der Waals surface area (Å²) >= 11 is 0. The normalized spacial score (nSPS) is 11.2. The van der Waals surface area contributed by atoms with Gasteiger partial charge in [-0.05, 0) is 0 Å². The Morgan fingerprint density at radius 3 is 0.791 bits per heavy atom. The minimum Gasteiger partial charge on any atom is -0.324 e. The van der Waals surface area contributed by atoms with Gasteiger partial charge in [-0.25, -0.2) is 29.9 Å². The minimum absolute atomic E-state index is 0. The van der Waals surface area contributed by atoms with E-state index in [1.807, 2.05) is 97.1 Å². The van der Waals surface area contributed by atoms with Gasteiger partial charge in [-0.3, -0.25) is 0 Å². The van der Waals surface area contributed by atoms with Gasteiger partial charge in [0.15, 0.2) is 23.3 Å². The van der Waals surface area contributed by atoms with Crippen LogP contribution in [0.1, 0.15) is 0 Å². The monoisotopic (exact) mass is 706 g/mol. The number of H-pyrrole nitrogens is 2. The van der Waals surface area contributed by atoms with E-state index in [1.54, 1.807) is 0 Å². The van der Waals surface area contributed by atoms with Crippen molar-refractivity contribution in [2.24, 2.45) is 0 Å². The van der Waals surface area contributed by atoms with Crippen molar-refractivity contribution >= 4 is 44.1 Å². The van der Waals surface area contributed by atoms with Crippen LogP contribution in [-0.4, -0.2) is 39.9 Å². The predicted octanol–water partition coefficient (Wildman–Crippen LogP) is 6.86. The molecule has 0 atom stereocenters. The molecule has 11 heteroatoms. The molecular weight excluding hydrogens is 693 g/mol. The molecule has 2 aliphatic heterocycles. The molecule has 8 nitrogen and oxygen atoms in total. The number of benzene rings is 4. The maximum absolute atomic E-state index is 5.02. The fourth-order valence-corrected chi connectivity index (χ4v) is 5.59. The van der Waals surface area contributed by atoms with Crippen LogP contribution in [0.15, 0.2) is 97.1 Å². The number of rotatable bonds is 0. The standard InChI is InChI=1S/C32H18N8.3Zn/c1-2-10-18-17(9-1)25-33-26(18)38-28-21-13-5-6-14-22(21)30(35-28)40-32-24-16-8-7-15-23(24)31(36-32)39-29-20-12-4-3-11-19(20)27(34-29)37-25;;;/h1-16H,(H2,33,34,35,36,37,38,39,40);;;. The van der Waals surface area contributed by atoms with Gasteiger partial charge in [-0.15, -0.1) is 0 Å². The van der Waals surface area contributed by atoms with Crippen LogP contribution < -0.4 is 0 Å². The Morgan fingerprint density at radius 2 is 0.535 bits per heavy atom. The molecule has 2 N–H and O–H groups in total. The van der Waals surface area contributed by atoms with Crippen LogP contribution >= 0.6 is 0 Å². The number of nitrogens with zero attached hydrogens (tertiary/aromatic N) is 6. The molecule has 0 unspecified atom stereocenters. The third-order valence-corrected chi connectivity index (χ3v) is 7.46. The molecule has 0 spiro atoms. The molecule has 0 saturated heterocycles. The fraction of sp³-hybridized carbons (Fsp3) is 0. The van der Waals surface area contributed by atoms with Gasteiger partial charge in [0.05, 0.1) is 0 Å². The summed E-state index contributed by atoms with van der Waals surface area (Å²) in [5.74, 6) is 2.39.